The molecule has 3 aliphatic heterocycles. The molecule has 5 heterocycles. The molecule has 322 valence electrons. The van der Waals surface area contributed by atoms with Gasteiger partial charge in [-0.25, -0.2) is 0 Å². The monoisotopic (exact) mass is 872 g/mol. The third-order valence-electron chi connectivity index (χ3n) is 17.1. The number of furan rings is 2. The summed E-state index contributed by atoms with van der Waals surface area (Å²) >= 11 is 0. The second kappa shape index (κ2) is 12.4. The zero-order valence-electron chi connectivity index (χ0n) is 38.4. The van der Waals surface area contributed by atoms with E-state index in [1.165, 1.54) is 83.7 Å². The van der Waals surface area contributed by atoms with Crippen LogP contribution < -0.4 is 20.6 Å². The standard InChI is InChI=1S/C63H45BN2O2/c1-61(2)32-33-62(3,4)49-34-36(28-31-46(49)61)66-57-40(29-30-41-39-18-7-13-26-52(39)68-60(41)57)43-35-54-55(42-19-8-14-27-53(42)67-54)59-56(43)64(66)50-24-15-23-48-58(50)65(59)51-25-12-11-22-47(51)63(48)44-20-9-5-16-37(44)38-17-6-10-21-45(38)63/h5-31,34-35H,32-33H2,1-4H3. The SMILES string of the molecule is CC1(C)CCC(C)(C)c2cc(N3B4c5cccc6c5N(c5ccccc5C65c6ccccc6-c6ccccc65)c5c4c(cc4oc6ccccc6c54)-c4ccc5c(oc6ccccc65)c43)ccc21. The summed E-state index contributed by atoms with van der Waals surface area (Å²) in [6, 6.07) is 66.3. The quantitative estimate of drug-likeness (QED) is 0.154. The van der Waals surface area contributed by atoms with Gasteiger partial charge in [-0.05, 0) is 127 Å². The second-order valence-corrected chi connectivity index (χ2v) is 21.3. The molecular formula is C63H45BN2O2. The summed E-state index contributed by atoms with van der Waals surface area (Å²) in [5.41, 5.74) is 24.6. The van der Waals surface area contributed by atoms with E-state index >= 15 is 0 Å². The van der Waals surface area contributed by atoms with Gasteiger partial charge in [-0.1, -0.05) is 161 Å². The van der Waals surface area contributed by atoms with Crippen molar-refractivity contribution < 1.29 is 8.83 Å². The van der Waals surface area contributed by atoms with Gasteiger partial charge in [0.2, 0.25) is 0 Å². The van der Waals surface area contributed by atoms with Crippen molar-refractivity contribution in [3.05, 3.63) is 209 Å². The molecule has 0 unspecified atom stereocenters. The minimum Gasteiger partial charge on any atom is -0.456 e. The Morgan fingerprint density at radius 2 is 1.09 bits per heavy atom. The zero-order chi connectivity index (χ0) is 45.0. The average molecular weight is 873 g/mol. The van der Waals surface area contributed by atoms with E-state index in [1.54, 1.807) is 0 Å². The maximum absolute atomic E-state index is 7.17. The van der Waals surface area contributed by atoms with Crippen molar-refractivity contribution >= 4 is 90.1 Å². The van der Waals surface area contributed by atoms with Crippen molar-refractivity contribution in [3.63, 3.8) is 0 Å². The lowest BCUT2D eigenvalue weighted by atomic mass is 9.42. The maximum Gasteiger partial charge on any atom is 0.333 e. The van der Waals surface area contributed by atoms with Gasteiger partial charge in [-0.2, -0.15) is 0 Å². The molecule has 68 heavy (non-hydrogen) atoms. The zero-order valence-corrected chi connectivity index (χ0v) is 38.4. The van der Waals surface area contributed by atoms with Crippen LogP contribution in [0.4, 0.5) is 28.4 Å². The third-order valence-corrected chi connectivity index (χ3v) is 17.1. The van der Waals surface area contributed by atoms with Crippen LogP contribution in [-0.2, 0) is 16.2 Å². The van der Waals surface area contributed by atoms with Gasteiger partial charge in [-0.15, -0.1) is 0 Å². The molecule has 0 bridgehead atoms. The van der Waals surface area contributed by atoms with Crippen LogP contribution in [0, 0.1) is 0 Å². The number of para-hydroxylation sites is 4. The Kier molecular flexibility index (Phi) is 6.82. The molecule has 0 saturated carbocycles. The number of rotatable bonds is 1. The van der Waals surface area contributed by atoms with Crippen molar-refractivity contribution in [2.45, 2.75) is 56.8 Å². The minimum absolute atomic E-state index is 0.00438. The summed E-state index contributed by atoms with van der Waals surface area (Å²) < 4.78 is 14.2. The van der Waals surface area contributed by atoms with Crippen LogP contribution >= 0.6 is 0 Å². The van der Waals surface area contributed by atoms with E-state index in [9.17, 15) is 0 Å². The minimum atomic E-state index is -0.566. The Bertz CT molecular complexity index is 4050. The van der Waals surface area contributed by atoms with E-state index < -0.39 is 5.41 Å². The first-order valence-electron chi connectivity index (χ1n) is 24.3. The fourth-order valence-corrected chi connectivity index (χ4v) is 14.0. The van der Waals surface area contributed by atoms with E-state index in [4.69, 9.17) is 8.83 Å². The molecule has 0 saturated heterocycles. The highest BCUT2D eigenvalue weighted by molar-refractivity contribution is 6.94. The van der Waals surface area contributed by atoms with Crippen LogP contribution in [0.1, 0.15) is 73.9 Å². The molecule has 0 atom stereocenters. The Morgan fingerprint density at radius 3 is 1.87 bits per heavy atom. The van der Waals surface area contributed by atoms with Gasteiger partial charge in [0.1, 0.15) is 16.7 Å². The first kappa shape index (κ1) is 37.3. The highest BCUT2D eigenvalue weighted by Crippen LogP contribution is 2.65. The second-order valence-electron chi connectivity index (χ2n) is 21.3. The highest BCUT2D eigenvalue weighted by atomic mass is 16.3. The molecule has 2 aromatic heterocycles. The average Bonchev–Trinajstić information content (AvgIpc) is 4.04. The highest BCUT2D eigenvalue weighted by Gasteiger charge is 2.56. The Balaban J connectivity index is 1.11. The Morgan fingerprint density at radius 1 is 0.441 bits per heavy atom. The molecule has 1 spiro atoms. The van der Waals surface area contributed by atoms with E-state index in [0.717, 1.165) is 68.0 Å². The molecule has 11 aromatic rings. The van der Waals surface area contributed by atoms with Gasteiger partial charge in [-0.3, -0.25) is 0 Å². The van der Waals surface area contributed by atoms with Gasteiger partial charge in [0, 0.05) is 33.1 Å². The van der Waals surface area contributed by atoms with Crippen molar-refractivity contribution in [3.8, 4) is 22.3 Å². The van der Waals surface area contributed by atoms with E-state index in [-0.39, 0.29) is 17.7 Å². The summed E-state index contributed by atoms with van der Waals surface area (Å²) in [7, 11) is 0. The molecule has 5 heteroatoms. The van der Waals surface area contributed by atoms with Gasteiger partial charge in [0.15, 0.2) is 5.58 Å². The first-order valence-corrected chi connectivity index (χ1v) is 24.3. The van der Waals surface area contributed by atoms with Crippen molar-refractivity contribution in [1.82, 2.24) is 0 Å². The van der Waals surface area contributed by atoms with Gasteiger partial charge in [0.25, 0.3) is 0 Å². The van der Waals surface area contributed by atoms with Crippen LogP contribution in [-0.4, -0.2) is 6.85 Å². The van der Waals surface area contributed by atoms with Gasteiger partial charge < -0.3 is 18.5 Å². The number of fused-ring (bicyclic) bond motifs is 22. The van der Waals surface area contributed by atoms with Crippen LogP contribution in [0.25, 0.3) is 66.1 Å². The summed E-state index contributed by atoms with van der Waals surface area (Å²) in [5, 5.41) is 4.51. The normalized spacial score (nSPS) is 17.0. The lowest BCUT2D eigenvalue weighted by Gasteiger charge is -2.51. The lowest BCUT2D eigenvalue weighted by molar-refractivity contribution is 0.332. The predicted octanol–water partition coefficient (Wildman–Crippen LogP) is 15.2. The molecular weight excluding hydrogens is 828 g/mol. The number of nitrogens with zero attached hydrogens (tertiary/aromatic N) is 2. The summed E-state index contributed by atoms with van der Waals surface area (Å²) in [6.45, 7) is 9.51. The summed E-state index contributed by atoms with van der Waals surface area (Å²) in [4.78, 5) is 5.34. The Hall–Kier alpha value is -7.76. The Labute approximate surface area is 395 Å². The van der Waals surface area contributed by atoms with Crippen molar-refractivity contribution in [1.29, 1.82) is 0 Å². The maximum atomic E-state index is 7.17. The topological polar surface area (TPSA) is 32.8 Å². The number of benzene rings is 9. The number of anilines is 5. The molecule has 0 N–H and O–H groups in total. The number of hydrogen-bond donors (Lipinski definition) is 0. The van der Waals surface area contributed by atoms with E-state index in [0.29, 0.717) is 0 Å². The van der Waals surface area contributed by atoms with E-state index in [2.05, 4.69) is 213 Å². The van der Waals surface area contributed by atoms with Gasteiger partial charge >= 0.3 is 6.85 Å². The molecule has 2 aliphatic carbocycles. The van der Waals surface area contributed by atoms with Crippen LogP contribution in [0.3, 0.4) is 0 Å². The lowest BCUT2D eigenvalue weighted by Crippen LogP contribution is -2.62. The molecule has 4 nitrogen and oxygen atoms in total. The predicted molar refractivity (Wildman–Crippen MR) is 281 cm³/mol. The summed E-state index contributed by atoms with van der Waals surface area (Å²) in [5.74, 6) is 0. The molecule has 16 rings (SSSR count). The molecule has 9 aromatic carbocycles. The van der Waals surface area contributed by atoms with Crippen LogP contribution in [0.2, 0.25) is 0 Å². The fourth-order valence-electron chi connectivity index (χ4n) is 14.0. The van der Waals surface area contributed by atoms with E-state index in [1.807, 2.05) is 0 Å². The molecule has 5 aliphatic rings. The molecule has 0 fully saturated rings. The van der Waals surface area contributed by atoms with Crippen molar-refractivity contribution in [2.75, 3.05) is 9.71 Å². The summed E-state index contributed by atoms with van der Waals surface area (Å²) in [6.07, 6.45) is 2.29. The number of hydrogen-bond acceptors (Lipinski definition) is 4. The third kappa shape index (κ3) is 4.32. The largest absolute Gasteiger partial charge is 0.456 e. The molecule has 0 radical (unpaired) electrons. The fraction of sp³-hybridized carbons (Fsp3) is 0.143. The smallest absolute Gasteiger partial charge is 0.333 e. The van der Waals surface area contributed by atoms with Crippen LogP contribution in [0.5, 0.6) is 0 Å². The first-order chi connectivity index (χ1) is 33.2. The van der Waals surface area contributed by atoms with Crippen molar-refractivity contribution in [2.24, 2.45) is 0 Å². The van der Waals surface area contributed by atoms with Gasteiger partial charge in [0.05, 0.1) is 27.9 Å². The molecule has 0 amide bonds. The van der Waals surface area contributed by atoms with Crippen LogP contribution in [0.15, 0.2) is 185 Å².